The van der Waals surface area contributed by atoms with E-state index in [1.807, 2.05) is 32.0 Å². The lowest BCUT2D eigenvalue weighted by molar-refractivity contribution is 0.0998. The molecule has 1 amide bonds. The van der Waals surface area contributed by atoms with E-state index < -0.39 is 0 Å². The van der Waals surface area contributed by atoms with Crippen LogP contribution in [-0.2, 0) is 0 Å². The van der Waals surface area contributed by atoms with Gasteiger partial charge in [0.15, 0.2) is 5.76 Å². The summed E-state index contributed by atoms with van der Waals surface area (Å²) in [6.45, 7) is 3.88. The molecule has 0 atom stereocenters. The Labute approximate surface area is 127 Å². The molecule has 3 aromatic rings. The fourth-order valence-corrected chi connectivity index (χ4v) is 2.43. The molecule has 21 heavy (non-hydrogen) atoms. The van der Waals surface area contributed by atoms with Gasteiger partial charge in [0.05, 0.1) is 0 Å². The Morgan fingerprint density at radius 1 is 1.10 bits per heavy atom. The highest BCUT2D eigenvalue weighted by atomic mass is 35.5. The second-order valence-electron chi connectivity index (χ2n) is 5.07. The zero-order chi connectivity index (χ0) is 15.0. The van der Waals surface area contributed by atoms with E-state index in [-0.39, 0.29) is 5.91 Å². The predicted molar refractivity (Wildman–Crippen MR) is 85.1 cm³/mol. The van der Waals surface area contributed by atoms with Crippen molar-refractivity contribution < 1.29 is 9.21 Å². The number of amides is 1. The number of aryl methyl sites for hydroxylation is 2. The van der Waals surface area contributed by atoms with Crippen molar-refractivity contribution in [1.82, 2.24) is 0 Å². The van der Waals surface area contributed by atoms with Crippen molar-refractivity contribution in [1.29, 1.82) is 0 Å². The van der Waals surface area contributed by atoms with Crippen LogP contribution < -0.4 is 5.32 Å². The van der Waals surface area contributed by atoms with Crippen molar-refractivity contribution in [2.45, 2.75) is 13.8 Å². The molecule has 0 unspecified atom stereocenters. The molecular formula is C17H14ClNO2. The Bertz CT molecular complexity index is 836. The Balaban J connectivity index is 1.89. The standard InChI is InChI=1S/C17H14ClNO2/c1-10-3-4-12-9-16(21-15(12)7-10)17(20)19-14-6-5-13(18)8-11(14)2/h3-9H,1-2H3,(H,19,20). The van der Waals surface area contributed by atoms with E-state index in [0.717, 1.165) is 22.2 Å². The van der Waals surface area contributed by atoms with Crippen LogP contribution in [0, 0.1) is 13.8 Å². The first-order chi connectivity index (χ1) is 10.0. The van der Waals surface area contributed by atoms with Crippen LogP contribution >= 0.6 is 11.6 Å². The summed E-state index contributed by atoms with van der Waals surface area (Å²) in [4.78, 5) is 12.3. The number of carbonyl (C=O) groups is 1. The minimum Gasteiger partial charge on any atom is -0.451 e. The predicted octanol–water partition coefficient (Wildman–Crippen LogP) is 4.96. The summed E-state index contributed by atoms with van der Waals surface area (Å²) in [6, 6.07) is 12.9. The van der Waals surface area contributed by atoms with E-state index in [2.05, 4.69) is 5.32 Å². The lowest BCUT2D eigenvalue weighted by Crippen LogP contribution is -2.11. The maximum atomic E-state index is 12.3. The molecule has 3 rings (SSSR count). The molecule has 1 aromatic heterocycles. The van der Waals surface area contributed by atoms with Crippen LogP contribution in [0.25, 0.3) is 11.0 Å². The van der Waals surface area contributed by atoms with Crippen LogP contribution in [0.4, 0.5) is 5.69 Å². The molecule has 2 aromatic carbocycles. The van der Waals surface area contributed by atoms with Gasteiger partial charge >= 0.3 is 0 Å². The van der Waals surface area contributed by atoms with Gasteiger partial charge in [-0.25, -0.2) is 0 Å². The summed E-state index contributed by atoms with van der Waals surface area (Å²) in [5.74, 6) is 0.0271. The minimum absolute atomic E-state index is 0.269. The molecule has 0 aliphatic carbocycles. The SMILES string of the molecule is Cc1ccc2cc(C(=O)Nc3ccc(Cl)cc3C)oc2c1. The molecule has 1 heterocycles. The van der Waals surface area contributed by atoms with E-state index in [1.54, 1.807) is 24.3 Å². The van der Waals surface area contributed by atoms with E-state index in [9.17, 15) is 4.79 Å². The van der Waals surface area contributed by atoms with Gasteiger partial charge in [0, 0.05) is 16.1 Å². The maximum Gasteiger partial charge on any atom is 0.291 e. The highest BCUT2D eigenvalue weighted by Crippen LogP contribution is 2.23. The van der Waals surface area contributed by atoms with E-state index in [0.29, 0.717) is 16.4 Å². The quantitative estimate of drug-likeness (QED) is 0.727. The smallest absolute Gasteiger partial charge is 0.291 e. The average molecular weight is 300 g/mol. The van der Waals surface area contributed by atoms with Crippen molar-refractivity contribution in [3.63, 3.8) is 0 Å². The summed E-state index contributed by atoms with van der Waals surface area (Å²) in [7, 11) is 0. The Hall–Kier alpha value is -2.26. The number of rotatable bonds is 2. The molecule has 1 N–H and O–H groups in total. The number of hydrogen-bond acceptors (Lipinski definition) is 2. The lowest BCUT2D eigenvalue weighted by atomic mass is 10.2. The number of benzene rings is 2. The van der Waals surface area contributed by atoms with Crippen LogP contribution in [0.3, 0.4) is 0 Å². The maximum absolute atomic E-state index is 12.3. The average Bonchev–Trinajstić information content (AvgIpc) is 2.85. The van der Waals surface area contributed by atoms with Gasteiger partial charge in [-0.05, 0) is 55.3 Å². The number of carbonyl (C=O) groups excluding carboxylic acids is 1. The van der Waals surface area contributed by atoms with Gasteiger partial charge < -0.3 is 9.73 Å². The summed E-state index contributed by atoms with van der Waals surface area (Å²) in [5, 5.41) is 4.40. The molecule has 0 spiro atoms. The number of nitrogens with one attached hydrogen (secondary N) is 1. The number of hydrogen-bond donors (Lipinski definition) is 1. The summed E-state index contributed by atoms with van der Waals surface area (Å²) in [5.41, 5.74) is 3.44. The zero-order valence-corrected chi connectivity index (χ0v) is 12.5. The number of fused-ring (bicyclic) bond motifs is 1. The molecule has 4 heteroatoms. The van der Waals surface area contributed by atoms with E-state index in [1.165, 1.54) is 0 Å². The highest BCUT2D eigenvalue weighted by molar-refractivity contribution is 6.30. The molecule has 0 saturated heterocycles. The summed E-state index contributed by atoms with van der Waals surface area (Å²) >= 11 is 5.91. The molecule has 0 aliphatic heterocycles. The molecule has 0 radical (unpaired) electrons. The molecule has 0 aliphatic rings. The fraction of sp³-hybridized carbons (Fsp3) is 0.118. The molecule has 0 bridgehead atoms. The Kier molecular flexibility index (Phi) is 3.43. The van der Waals surface area contributed by atoms with Crippen LogP contribution in [0.15, 0.2) is 46.9 Å². The first-order valence-electron chi connectivity index (χ1n) is 6.60. The lowest BCUT2D eigenvalue weighted by Gasteiger charge is -2.06. The third kappa shape index (κ3) is 2.78. The molecule has 106 valence electrons. The monoisotopic (exact) mass is 299 g/mol. The minimum atomic E-state index is -0.269. The normalized spacial score (nSPS) is 10.8. The first kappa shape index (κ1) is 13.7. The van der Waals surface area contributed by atoms with Gasteiger partial charge in [0.2, 0.25) is 0 Å². The van der Waals surface area contributed by atoms with Gasteiger partial charge in [0.1, 0.15) is 5.58 Å². The molecule has 0 saturated carbocycles. The highest BCUT2D eigenvalue weighted by Gasteiger charge is 2.13. The van der Waals surface area contributed by atoms with Crippen molar-refractivity contribution in [2.24, 2.45) is 0 Å². The van der Waals surface area contributed by atoms with Gasteiger partial charge in [-0.1, -0.05) is 23.7 Å². The molecular weight excluding hydrogens is 286 g/mol. The third-order valence-corrected chi connectivity index (χ3v) is 3.57. The van der Waals surface area contributed by atoms with E-state index in [4.69, 9.17) is 16.0 Å². The van der Waals surface area contributed by atoms with Crippen molar-refractivity contribution in [2.75, 3.05) is 5.32 Å². The number of anilines is 1. The second kappa shape index (κ2) is 5.26. The van der Waals surface area contributed by atoms with Crippen LogP contribution in [0.5, 0.6) is 0 Å². The van der Waals surface area contributed by atoms with Crippen LogP contribution in [0.2, 0.25) is 5.02 Å². The van der Waals surface area contributed by atoms with Gasteiger partial charge in [-0.2, -0.15) is 0 Å². The van der Waals surface area contributed by atoms with Gasteiger partial charge in [0.25, 0.3) is 5.91 Å². The third-order valence-electron chi connectivity index (χ3n) is 3.34. The number of halogens is 1. The van der Waals surface area contributed by atoms with E-state index >= 15 is 0 Å². The second-order valence-corrected chi connectivity index (χ2v) is 5.50. The van der Waals surface area contributed by atoms with Crippen LogP contribution in [0.1, 0.15) is 21.7 Å². The summed E-state index contributed by atoms with van der Waals surface area (Å²) in [6.07, 6.45) is 0. The van der Waals surface area contributed by atoms with Crippen molar-refractivity contribution in [3.05, 3.63) is 64.4 Å². The number of furan rings is 1. The van der Waals surface area contributed by atoms with Crippen molar-refractivity contribution in [3.8, 4) is 0 Å². The van der Waals surface area contributed by atoms with Gasteiger partial charge in [-0.3, -0.25) is 4.79 Å². The molecule has 0 fully saturated rings. The zero-order valence-electron chi connectivity index (χ0n) is 11.7. The first-order valence-corrected chi connectivity index (χ1v) is 6.98. The van der Waals surface area contributed by atoms with Crippen molar-refractivity contribution >= 4 is 34.2 Å². The Morgan fingerprint density at radius 2 is 1.90 bits per heavy atom. The van der Waals surface area contributed by atoms with Crippen LogP contribution in [-0.4, -0.2) is 5.91 Å². The van der Waals surface area contributed by atoms with Gasteiger partial charge in [-0.15, -0.1) is 0 Å². The largest absolute Gasteiger partial charge is 0.451 e. The summed E-state index contributed by atoms with van der Waals surface area (Å²) < 4.78 is 5.61. The topological polar surface area (TPSA) is 42.2 Å². The molecule has 3 nitrogen and oxygen atoms in total. The fourth-order valence-electron chi connectivity index (χ4n) is 2.20. The Morgan fingerprint density at radius 3 is 2.67 bits per heavy atom.